The van der Waals surface area contributed by atoms with Gasteiger partial charge >= 0.3 is 18.1 Å². The van der Waals surface area contributed by atoms with E-state index in [0.717, 1.165) is 11.1 Å². The average molecular weight is 391 g/mol. The molecule has 2 unspecified atom stereocenters. The number of halogens is 3. The van der Waals surface area contributed by atoms with E-state index in [-0.39, 0.29) is 12.5 Å². The van der Waals surface area contributed by atoms with E-state index in [1.165, 1.54) is 11.8 Å². The van der Waals surface area contributed by atoms with Crippen molar-refractivity contribution in [3.8, 4) is 5.75 Å². The summed E-state index contributed by atoms with van der Waals surface area (Å²) in [6, 6.07) is 5.30. The van der Waals surface area contributed by atoms with Gasteiger partial charge in [-0.3, -0.25) is 9.59 Å². The molecule has 0 aromatic heterocycles. The number of nitrogens with one attached hydrogen (secondary N) is 1. The number of hydrogen-bond acceptors (Lipinski definition) is 5. The van der Waals surface area contributed by atoms with Gasteiger partial charge in [-0.05, 0) is 43.2 Å². The zero-order valence-electron chi connectivity index (χ0n) is 14.4. The third-order valence-electron chi connectivity index (χ3n) is 3.90. The monoisotopic (exact) mass is 391 g/mol. The number of esters is 1. The Hall–Kier alpha value is -1.90. The number of fused-ring (bicyclic) bond motifs is 1. The predicted molar refractivity (Wildman–Crippen MR) is 91.1 cm³/mol. The van der Waals surface area contributed by atoms with Crippen LogP contribution in [0, 0.1) is 0 Å². The molecule has 144 valence electrons. The summed E-state index contributed by atoms with van der Waals surface area (Å²) in [6.45, 7) is 1.83. The Morgan fingerprint density at radius 3 is 2.77 bits per heavy atom. The van der Waals surface area contributed by atoms with E-state index in [9.17, 15) is 22.8 Å². The second kappa shape index (κ2) is 8.66. The first kappa shape index (κ1) is 20.4. The number of carbonyl (C=O) groups is 2. The molecule has 0 saturated carbocycles. The normalized spacial score (nSPS) is 17.7. The van der Waals surface area contributed by atoms with Gasteiger partial charge in [0.25, 0.3) is 0 Å². The van der Waals surface area contributed by atoms with Crippen LogP contribution in [-0.4, -0.2) is 43.6 Å². The van der Waals surface area contributed by atoms with Crippen molar-refractivity contribution in [1.82, 2.24) is 5.32 Å². The molecule has 0 fully saturated rings. The van der Waals surface area contributed by atoms with Crippen molar-refractivity contribution in [1.29, 1.82) is 0 Å². The average Bonchev–Trinajstić information content (AvgIpc) is 2.59. The van der Waals surface area contributed by atoms with Crippen molar-refractivity contribution in [2.75, 3.05) is 19.4 Å². The Kier molecular flexibility index (Phi) is 6.80. The minimum Gasteiger partial charge on any atom is -0.488 e. The highest BCUT2D eigenvalue weighted by atomic mass is 32.2. The molecular formula is C17H20F3NO4S. The van der Waals surface area contributed by atoms with Crippen LogP contribution in [0.25, 0.3) is 0 Å². The lowest BCUT2D eigenvalue weighted by Gasteiger charge is -2.27. The summed E-state index contributed by atoms with van der Waals surface area (Å²) < 4.78 is 47.4. The molecule has 9 heteroatoms. The van der Waals surface area contributed by atoms with Crippen LogP contribution < -0.4 is 10.1 Å². The van der Waals surface area contributed by atoms with E-state index in [1.807, 2.05) is 17.6 Å². The van der Waals surface area contributed by atoms with Crippen LogP contribution >= 0.6 is 11.8 Å². The summed E-state index contributed by atoms with van der Waals surface area (Å²) in [7, 11) is 0. The Labute approximate surface area is 153 Å². The van der Waals surface area contributed by atoms with Crippen LogP contribution in [0.2, 0.25) is 0 Å². The van der Waals surface area contributed by atoms with Crippen molar-refractivity contribution in [2.24, 2.45) is 0 Å². The molecule has 1 heterocycles. The Balaban J connectivity index is 2.02. The molecule has 0 spiro atoms. The lowest BCUT2D eigenvalue weighted by Crippen LogP contribution is -2.43. The maximum Gasteiger partial charge on any atom is 0.471 e. The standard InChI is InChI=1S/C17H20F3NO4S/c1-3-24-15(22)14(26-2)11-5-7-13-10(8-11)4-6-12(25-13)9-21-16(23)17(18,19)20/h5,7-8,12,14H,3-4,6,9H2,1-2H3,(H,21,23). The summed E-state index contributed by atoms with van der Waals surface area (Å²) in [5.41, 5.74) is 1.67. The van der Waals surface area contributed by atoms with Crippen LogP contribution in [0.5, 0.6) is 5.75 Å². The number of aryl methyl sites for hydroxylation is 1. The highest BCUT2D eigenvalue weighted by molar-refractivity contribution is 7.99. The van der Waals surface area contributed by atoms with Crippen LogP contribution in [0.3, 0.4) is 0 Å². The lowest BCUT2D eigenvalue weighted by molar-refractivity contribution is -0.173. The van der Waals surface area contributed by atoms with Crippen molar-refractivity contribution in [3.05, 3.63) is 29.3 Å². The van der Waals surface area contributed by atoms with E-state index in [4.69, 9.17) is 9.47 Å². The summed E-state index contributed by atoms with van der Waals surface area (Å²) in [5.74, 6) is -1.74. The molecule has 1 aromatic carbocycles. The van der Waals surface area contributed by atoms with Gasteiger partial charge in [0.2, 0.25) is 0 Å². The van der Waals surface area contributed by atoms with Crippen LogP contribution in [-0.2, 0) is 20.7 Å². The molecule has 0 radical (unpaired) electrons. The largest absolute Gasteiger partial charge is 0.488 e. The fourth-order valence-electron chi connectivity index (χ4n) is 2.66. The van der Waals surface area contributed by atoms with E-state index >= 15 is 0 Å². The predicted octanol–water partition coefficient (Wildman–Crippen LogP) is 3.03. The van der Waals surface area contributed by atoms with Gasteiger partial charge in [-0.25, -0.2) is 0 Å². The number of hydrogen-bond donors (Lipinski definition) is 1. The maximum absolute atomic E-state index is 12.2. The minimum absolute atomic E-state index is 0.213. The summed E-state index contributed by atoms with van der Waals surface area (Å²) in [6.07, 6.45) is -2.56. The molecular weight excluding hydrogens is 371 g/mol. The molecule has 0 aliphatic carbocycles. The second-order valence-corrected chi connectivity index (χ2v) is 6.66. The fraction of sp³-hybridized carbons (Fsp3) is 0.529. The van der Waals surface area contributed by atoms with Crippen molar-refractivity contribution in [2.45, 2.75) is 37.3 Å². The number of benzene rings is 1. The molecule has 0 bridgehead atoms. The third kappa shape index (κ3) is 5.06. The number of amides is 1. The number of carbonyl (C=O) groups excluding carboxylic acids is 2. The number of ether oxygens (including phenoxy) is 2. The SMILES string of the molecule is CCOC(=O)C(SC)c1ccc2c(c1)CCC(CNC(=O)C(F)(F)F)O2. The molecule has 1 N–H and O–H groups in total. The van der Waals surface area contributed by atoms with Crippen LogP contribution in [0.4, 0.5) is 13.2 Å². The Morgan fingerprint density at radius 2 is 2.15 bits per heavy atom. The Bertz CT molecular complexity index is 666. The fourth-order valence-corrected chi connectivity index (χ4v) is 3.34. The molecule has 26 heavy (non-hydrogen) atoms. The van der Waals surface area contributed by atoms with E-state index in [1.54, 1.807) is 19.1 Å². The first-order valence-electron chi connectivity index (χ1n) is 8.10. The molecule has 2 rings (SSSR count). The smallest absolute Gasteiger partial charge is 0.471 e. The van der Waals surface area contributed by atoms with Gasteiger partial charge in [0.05, 0.1) is 13.2 Å². The number of thioether (sulfide) groups is 1. The topological polar surface area (TPSA) is 64.6 Å². The van der Waals surface area contributed by atoms with E-state index in [0.29, 0.717) is 25.2 Å². The van der Waals surface area contributed by atoms with Gasteiger partial charge in [-0.15, -0.1) is 11.8 Å². The van der Waals surface area contributed by atoms with Gasteiger partial charge < -0.3 is 14.8 Å². The van der Waals surface area contributed by atoms with Crippen LogP contribution in [0.1, 0.15) is 29.7 Å². The molecule has 0 saturated heterocycles. The minimum atomic E-state index is -4.90. The molecule has 1 aliphatic rings. The summed E-state index contributed by atoms with van der Waals surface area (Å²) >= 11 is 1.37. The quantitative estimate of drug-likeness (QED) is 0.756. The van der Waals surface area contributed by atoms with Crippen molar-refractivity contribution in [3.63, 3.8) is 0 Å². The molecule has 2 atom stereocenters. The zero-order valence-corrected chi connectivity index (χ0v) is 15.2. The van der Waals surface area contributed by atoms with Gasteiger partial charge in [-0.2, -0.15) is 13.2 Å². The third-order valence-corrected chi connectivity index (χ3v) is 4.84. The number of alkyl halides is 3. The van der Waals surface area contributed by atoms with Crippen molar-refractivity contribution >= 4 is 23.6 Å². The molecule has 1 amide bonds. The van der Waals surface area contributed by atoms with Gasteiger partial charge in [-0.1, -0.05) is 12.1 Å². The lowest BCUT2D eigenvalue weighted by atomic mass is 9.98. The van der Waals surface area contributed by atoms with Gasteiger partial charge in [0.15, 0.2) is 0 Å². The highest BCUT2D eigenvalue weighted by Crippen LogP contribution is 2.34. The molecule has 5 nitrogen and oxygen atoms in total. The zero-order chi connectivity index (χ0) is 19.3. The van der Waals surface area contributed by atoms with Gasteiger partial charge in [0, 0.05) is 0 Å². The first-order chi connectivity index (χ1) is 12.3. The van der Waals surface area contributed by atoms with Gasteiger partial charge in [0.1, 0.15) is 17.1 Å². The van der Waals surface area contributed by atoms with E-state index in [2.05, 4.69) is 0 Å². The first-order valence-corrected chi connectivity index (χ1v) is 9.39. The number of rotatable bonds is 6. The van der Waals surface area contributed by atoms with E-state index < -0.39 is 23.4 Å². The summed E-state index contributed by atoms with van der Waals surface area (Å²) in [4.78, 5) is 22.9. The maximum atomic E-state index is 12.2. The second-order valence-electron chi connectivity index (χ2n) is 5.72. The van der Waals surface area contributed by atoms with Crippen molar-refractivity contribution < 1.29 is 32.2 Å². The highest BCUT2D eigenvalue weighted by Gasteiger charge is 2.39. The molecule has 1 aliphatic heterocycles. The Morgan fingerprint density at radius 1 is 1.42 bits per heavy atom. The summed E-state index contributed by atoms with van der Waals surface area (Å²) in [5, 5.41) is 1.40. The molecule has 1 aromatic rings. The van der Waals surface area contributed by atoms with Crippen LogP contribution in [0.15, 0.2) is 18.2 Å².